The van der Waals surface area contributed by atoms with Crippen molar-refractivity contribution in [2.24, 2.45) is 0 Å². The summed E-state index contributed by atoms with van der Waals surface area (Å²) in [5, 5.41) is 16.0. The van der Waals surface area contributed by atoms with Crippen LogP contribution in [0.2, 0.25) is 0 Å². The van der Waals surface area contributed by atoms with Gasteiger partial charge in [-0.15, -0.1) is 0 Å². The molecule has 0 atom stereocenters. The monoisotopic (exact) mass is 228 g/mol. The van der Waals surface area contributed by atoms with Crippen molar-refractivity contribution in [2.75, 3.05) is 26.3 Å². The predicted molar refractivity (Wildman–Crippen MR) is 59.4 cm³/mol. The second kappa shape index (κ2) is 5.12. The van der Waals surface area contributed by atoms with Crippen LogP contribution in [-0.2, 0) is 9.53 Å². The summed E-state index contributed by atoms with van der Waals surface area (Å²) in [6, 6.07) is 0.329. The average Bonchev–Trinajstić information content (AvgIpc) is 2.31. The fourth-order valence-corrected chi connectivity index (χ4v) is 2.50. The van der Waals surface area contributed by atoms with Crippen LogP contribution in [-0.4, -0.2) is 49.0 Å². The van der Waals surface area contributed by atoms with E-state index in [1.54, 1.807) is 0 Å². The van der Waals surface area contributed by atoms with Gasteiger partial charge in [0.2, 0.25) is 0 Å². The molecule has 2 heterocycles. The second-order valence-corrected chi connectivity index (χ2v) is 4.67. The van der Waals surface area contributed by atoms with Gasteiger partial charge in [-0.25, -0.2) is 0 Å². The number of hydrogen-bond acceptors (Lipinski definition) is 4. The van der Waals surface area contributed by atoms with Crippen LogP contribution in [0.15, 0.2) is 0 Å². The van der Waals surface area contributed by atoms with Gasteiger partial charge in [0.05, 0.1) is 0 Å². The predicted octanol–water partition coefficient (Wildman–Crippen LogP) is -0.0382. The second-order valence-electron chi connectivity index (χ2n) is 4.67. The van der Waals surface area contributed by atoms with Crippen LogP contribution < -0.4 is 10.6 Å². The van der Waals surface area contributed by atoms with E-state index in [2.05, 4.69) is 10.6 Å². The lowest BCUT2D eigenvalue weighted by molar-refractivity contribution is -0.149. The molecule has 5 nitrogen and oxygen atoms in total. The van der Waals surface area contributed by atoms with Crippen molar-refractivity contribution in [3.05, 3.63) is 0 Å². The third-order valence-corrected chi connectivity index (χ3v) is 3.58. The Kier molecular flexibility index (Phi) is 3.78. The summed E-state index contributed by atoms with van der Waals surface area (Å²) in [5.41, 5.74) is -0.750. The van der Waals surface area contributed by atoms with Gasteiger partial charge in [-0.3, -0.25) is 10.1 Å². The molecular weight excluding hydrogens is 208 g/mol. The Hall–Kier alpha value is -0.650. The van der Waals surface area contributed by atoms with Gasteiger partial charge in [0.25, 0.3) is 0 Å². The highest BCUT2D eigenvalue weighted by molar-refractivity contribution is 5.79. The molecule has 3 N–H and O–H groups in total. The third-order valence-electron chi connectivity index (χ3n) is 3.58. The van der Waals surface area contributed by atoms with Gasteiger partial charge in [0.1, 0.15) is 5.54 Å². The van der Waals surface area contributed by atoms with Crippen LogP contribution >= 0.6 is 0 Å². The maximum absolute atomic E-state index is 11.4. The highest BCUT2D eigenvalue weighted by Gasteiger charge is 2.41. The molecule has 0 radical (unpaired) electrons. The smallest absolute Gasteiger partial charge is 0.324 e. The molecule has 0 aromatic rings. The molecule has 2 fully saturated rings. The lowest BCUT2D eigenvalue weighted by Gasteiger charge is -2.38. The standard InChI is InChI=1S/C11H20N2O3/c14-10(15)11(3-7-16-8-4-11)13-9-1-5-12-6-2-9/h9,12-13H,1-8H2,(H,14,15). The number of rotatable bonds is 3. The van der Waals surface area contributed by atoms with Crippen molar-refractivity contribution in [3.8, 4) is 0 Å². The zero-order valence-electron chi connectivity index (χ0n) is 9.50. The number of carboxylic acids is 1. The first kappa shape index (κ1) is 11.8. The van der Waals surface area contributed by atoms with Crippen molar-refractivity contribution in [1.82, 2.24) is 10.6 Å². The molecule has 0 aromatic carbocycles. The maximum Gasteiger partial charge on any atom is 0.324 e. The van der Waals surface area contributed by atoms with E-state index in [1.807, 2.05) is 0 Å². The number of piperidine rings is 1. The van der Waals surface area contributed by atoms with Crippen LogP contribution in [0.1, 0.15) is 25.7 Å². The van der Waals surface area contributed by atoms with Gasteiger partial charge < -0.3 is 15.2 Å². The van der Waals surface area contributed by atoms with E-state index in [-0.39, 0.29) is 0 Å². The van der Waals surface area contributed by atoms with Crippen LogP contribution in [0.5, 0.6) is 0 Å². The molecule has 0 amide bonds. The topological polar surface area (TPSA) is 70.6 Å². The normalized spacial score (nSPS) is 26.5. The summed E-state index contributed by atoms with van der Waals surface area (Å²) < 4.78 is 5.25. The molecule has 0 bridgehead atoms. The summed E-state index contributed by atoms with van der Waals surface area (Å²) in [6.45, 7) is 3.04. The van der Waals surface area contributed by atoms with E-state index in [1.165, 1.54) is 0 Å². The Morgan fingerprint density at radius 1 is 1.31 bits per heavy atom. The molecule has 2 aliphatic heterocycles. The largest absolute Gasteiger partial charge is 0.480 e. The molecule has 92 valence electrons. The quantitative estimate of drug-likeness (QED) is 0.632. The first-order chi connectivity index (χ1) is 7.73. The lowest BCUT2D eigenvalue weighted by atomic mass is 9.88. The zero-order valence-corrected chi connectivity index (χ0v) is 9.50. The molecule has 2 saturated heterocycles. The molecular formula is C11H20N2O3. The first-order valence-electron chi connectivity index (χ1n) is 6.02. The van der Waals surface area contributed by atoms with E-state index in [9.17, 15) is 9.90 Å². The third kappa shape index (κ3) is 2.53. The molecule has 0 saturated carbocycles. The number of carboxylic acid groups (broad SMARTS) is 1. The van der Waals surface area contributed by atoms with Gasteiger partial charge in [-0.05, 0) is 38.8 Å². The SMILES string of the molecule is O=C(O)C1(NC2CCNCC2)CCOCC1. The first-order valence-corrected chi connectivity index (χ1v) is 6.02. The Bertz CT molecular complexity index is 246. The van der Waals surface area contributed by atoms with Crippen molar-refractivity contribution in [3.63, 3.8) is 0 Å². The minimum atomic E-state index is -0.750. The van der Waals surface area contributed by atoms with Gasteiger partial charge >= 0.3 is 5.97 Å². The highest BCUT2D eigenvalue weighted by Crippen LogP contribution is 2.23. The van der Waals surface area contributed by atoms with Crippen molar-refractivity contribution < 1.29 is 14.6 Å². The summed E-state index contributed by atoms with van der Waals surface area (Å²) in [6.07, 6.45) is 3.17. The number of hydrogen-bond donors (Lipinski definition) is 3. The molecule has 0 spiro atoms. The van der Waals surface area contributed by atoms with E-state index in [0.717, 1.165) is 25.9 Å². The summed E-state index contributed by atoms with van der Waals surface area (Å²) in [7, 11) is 0. The van der Waals surface area contributed by atoms with E-state index < -0.39 is 11.5 Å². The molecule has 0 aliphatic carbocycles. The molecule has 0 aromatic heterocycles. The molecule has 5 heteroatoms. The van der Waals surface area contributed by atoms with Crippen molar-refractivity contribution in [2.45, 2.75) is 37.3 Å². The number of carbonyl (C=O) groups is 1. The van der Waals surface area contributed by atoms with Gasteiger partial charge in [-0.1, -0.05) is 0 Å². The number of aliphatic carboxylic acids is 1. The summed E-state index contributed by atoms with van der Waals surface area (Å²) in [5.74, 6) is -0.727. The van der Waals surface area contributed by atoms with E-state index >= 15 is 0 Å². The fraction of sp³-hybridized carbons (Fsp3) is 0.909. The highest BCUT2D eigenvalue weighted by atomic mass is 16.5. The van der Waals surface area contributed by atoms with Crippen molar-refractivity contribution in [1.29, 1.82) is 0 Å². The molecule has 0 unspecified atom stereocenters. The van der Waals surface area contributed by atoms with E-state index in [0.29, 0.717) is 32.1 Å². The maximum atomic E-state index is 11.4. The Morgan fingerprint density at radius 3 is 2.50 bits per heavy atom. The van der Waals surface area contributed by atoms with Crippen LogP contribution in [0.3, 0.4) is 0 Å². The van der Waals surface area contributed by atoms with Gasteiger partial charge in [0, 0.05) is 19.3 Å². The molecule has 16 heavy (non-hydrogen) atoms. The molecule has 2 rings (SSSR count). The zero-order chi connectivity index (χ0) is 11.4. The van der Waals surface area contributed by atoms with Gasteiger partial charge in [-0.2, -0.15) is 0 Å². The van der Waals surface area contributed by atoms with E-state index in [4.69, 9.17) is 4.74 Å². The average molecular weight is 228 g/mol. The van der Waals surface area contributed by atoms with Crippen molar-refractivity contribution >= 4 is 5.97 Å². The number of ether oxygens (including phenoxy) is 1. The Balaban J connectivity index is 1.98. The van der Waals surface area contributed by atoms with Crippen LogP contribution in [0, 0.1) is 0 Å². The fourth-order valence-electron chi connectivity index (χ4n) is 2.50. The minimum absolute atomic E-state index is 0.329. The molecule has 2 aliphatic rings. The van der Waals surface area contributed by atoms with Crippen LogP contribution in [0.25, 0.3) is 0 Å². The Labute approximate surface area is 95.5 Å². The summed E-state index contributed by atoms with van der Waals surface area (Å²) in [4.78, 5) is 11.4. The Morgan fingerprint density at radius 2 is 1.94 bits per heavy atom. The van der Waals surface area contributed by atoms with Crippen LogP contribution in [0.4, 0.5) is 0 Å². The summed E-state index contributed by atoms with van der Waals surface area (Å²) >= 11 is 0. The minimum Gasteiger partial charge on any atom is -0.480 e. The van der Waals surface area contributed by atoms with Gasteiger partial charge in [0.15, 0.2) is 0 Å². The number of nitrogens with one attached hydrogen (secondary N) is 2. The lowest BCUT2D eigenvalue weighted by Crippen LogP contribution is -2.60.